The quantitative estimate of drug-likeness (QED) is 0.766. The van der Waals surface area contributed by atoms with Gasteiger partial charge in [-0.25, -0.2) is 4.79 Å². The highest BCUT2D eigenvalue weighted by atomic mass is 127. The SMILES string of the molecule is NC1CC(=O)N([C@@H](Cc2ccc(I)cc2)C(=O)O)C1. The largest absolute Gasteiger partial charge is 0.480 e. The summed E-state index contributed by atoms with van der Waals surface area (Å²) in [6.07, 6.45) is 0.543. The lowest BCUT2D eigenvalue weighted by atomic mass is 10.1. The van der Waals surface area contributed by atoms with Crippen LogP contribution in [0.25, 0.3) is 0 Å². The molecule has 2 rings (SSSR count). The van der Waals surface area contributed by atoms with E-state index < -0.39 is 12.0 Å². The number of hydrogen-bond acceptors (Lipinski definition) is 3. The van der Waals surface area contributed by atoms with Crippen molar-refractivity contribution in [2.24, 2.45) is 5.73 Å². The van der Waals surface area contributed by atoms with Crippen molar-refractivity contribution in [2.45, 2.75) is 24.9 Å². The molecule has 1 unspecified atom stereocenters. The highest BCUT2D eigenvalue weighted by Gasteiger charge is 2.36. The second-order valence-electron chi connectivity index (χ2n) is 4.69. The van der Waals surface area contributed by atoms with Crippen LogP contribution in [-0.2, 0) is 16.0 Å². The predicted molar refractivity (Wildman–Crippen MR) is 78.6 cm³/mol. The maximum Gasteiger partial charge on any atom is 0.326 e. The molecule has 0 saturated carbocycles. The zero-order valence-electron chi connectivity index (χ0n) is 10.3. The van der Waals surface area contributed by atoms with Gasteiger partial charge in [0.15, 0.2) is 0 Å². The molecule has 3 N–H and O–H groups in total. The van der Waals surface area contributed by atoms with Gasteiger partial charge in [0.05, 0.1) is 0 Å². The zero-order chi connectivity index (χ0) is 14.0. The summed E-state index contributed by atoms with van der Waals surface area (Å²) in [4.78, 5) is 24.5. The van der Waals surface area contributed by atoms with Crippen LogP contribution in [-0.4, -0.2) is 40.5 Å². The number of hydrogen-bond donors (Lipinski definition) is 2. The van der Waals surface area contributed by atoms with Gasteiger partial charge in [0, 0.05) is 29.0 Å². The number of amides is 1. The van der Waals surface area contributed by atoms with Crippen LogP contribution in [0.4, 0.5) is 0 Å². The first kappa shape index (κ1) is 14.3. The Hall–Kier alpha value is -1.15. The molecule has 2 atom stereocenters. The fraction of sp³-hybridized carbons (Fsp3) is 0.385. The van der Waals surface area contributed by atoms with Crippen LogP contribution in [0.5, 0.6) is 0 Å². The van der Waals surface area contributed by atoms with Gasteiger partial charge < -0.3 is 15.7 Å². The number of rotatable bonds is 4. The van der Waals surface area contributed by atoms with E-state index in [1.165, 1.54) is 4.90 Å². The third kappa shape index (κ3) is 3.44. The summed E-state index contributed by atoms with van der Waals surface area (Å²) < 4.78 is 1.09. The highest BCUT2D eigenvalue weighted by molar-refractivity contribution is 14.1. The number of halogens is 1. The molecule has 19 heavy (non-hydrogen) atoms. The summed E-state index contributed by atoms with van der Waals surface area (Å²) >= 11 is 2.19. The minimum Gasteiger partial charge on any atom is -0.480 e. The smallest absolute Gasteiger partial charge is 0.326 e. The van der Waals surface area contributed by atoms with Gasteiger partial charge in [-0.3, -0.25) is 4.79 Å². The van der Waals surface area contributed by atoms with Crippen molar-refractivity contribution in [3.63, 3.8) is 0 Å². The summed E-state index contributed by atoms with van der Waals surface area (Å²) in [6.45, 7) is 0.320. The second-order valence-corrected chi connectivity index (χ2v) is 5.94. The summed E-state index contributed by atoms with van der Waals surface area (Å²) in [7, 11) is 0. The number of likely N-dealkylation sites (tertiary alicyclic amines) is 1. The van der Waals surface area contributed by atoms with E-state index >= 15 is 0 Å². The van der Waals surface area contributed by atoms with Crippen LogP contribution in [0.2, 0.25) is 0 Å². The Kier molecular flexibility index (Phi) is 4.41. The molecule has 1 saturated heterocycles. The molecule has 1 heterocycles. The van der Waals surface area contributed by atoms with Crippen molar-refractivity contribution in [1.29, 1.82) is 0 Å². The number of carbonyl (C=O) groups is 2. The minimum atomic E-state index is -0.985. The molecule has 5 nitrogen and oxygen atoms in total. The van der Waals surface area contributed by atoms with Crippen molar-refractivity contribution in [1.82, 2.24) is 4.90 Å². The number of nitrogens with two attached hydrogens (primary N) is 1. The van der Waals surface area contributed by atoms with Gasteiger partial charge in [0.25, 0.3) is 0 Å². The molecule has 1 amide bonds. The van der Waals surface area contributed by atoms with Crippen LogP contribution in [0.3, 0.4) is 0 Å². The van der Waals surface area contributed by atoms with Gasteiger partial charge in [0.1, 0.15) is 6.04 Å². The van der Waals surface area contributed by atoms with Crippen molar-refractivity contribution < 1.29 is 14.7 Å². The predicted octanol–water partition coefficient (Wildman–Crippen LogP) is 0.846. The topological polar surface area (TPSA) is 83.6 Å². The number of carbonyl (C=O) groups excluding carboxylic acids is 1. The van der Waals surface area contributed by atoms with E-state index in [4.69, 9.17) is 5.73 Å². The van der Waals surface area contributed by atoms with E-state index in [0.717, 1.165) is 9.13 Å². The Morgan fingerprint density at radius 1 is 1.47 bits per heavy atom. The number of carboxylic acids is 1. The van der Waals surface area contributed by atoms with Crippen molar-refractivity contribution >= 4 is 34.5 Å². The van der Waals surface area contributed by atoms with Crippen LogP contribution in [0.1, 0.15) is 12.0 Å². The number of nitrogens with zero attached hydrogens (tertiary/aromatic N) is 1. The average Bonchev–Trinajstić information content (AvgIpc) is 2.67. The first-order valence-corrected chi connectivity index (χ1v) is 7.07. The third-order valence-electron chi connectivity index (χ3n) is 3.19. The van der Waals surface area contributed by atoms with E-state index in [1.807, 2.05) is 24.3 Å². The molecule has 102 valence electrons. The molecule has 1 aliphatic rings. The van der Waals surface area contributed by atoms with Gasteiger partial charge in [-0.1, -0.05) is 12.1 Å². The summed E-state index contributed by atoms with van der Waals surface area (Å²) in [6, 6.07) is 6.53. The molecule has 1 aromatic rings. The maximum atomic E-state index is 11.8. The molecule has 0 bridgehead atoms. The Bertz CT molecular complexity index is 489. The molecule has 0 radical (unpaired) electrons. The Morgan fingerprint density at radius 2 is 2.11 bits per heavy atom. The average molecular weight is 374 g/mol. The molecular weight excluding hydrogens is 359 g/mol. The standard InChI is InChI=1S/C13H15IN2O3/c14-9-3-1-8(2-4-9)5-11(13(18)19)16-7-10(15)6-12(16)17/h1-4,10-11H,5-7,15H2,(H,18,19)/t10?,11-/m0/s1. The summed E-state index contributed by atoms with van der Waals surface area (Å²) in [5.41, 5.74) is 6.61. The zero-order valence-corrected chi connectivity index (χ0v) is 12.4. The monoisotopic (exact) mass is 374 g/mol. The number of benzene rings is 1. The van der Waals surface area contributed by atoms with E-state index in [9.17, 15) is 14.7 Å². The first-order valence-electron chi connectivity index (χ1n) is 5.99. The van der Waals surface area contributed by atoms with E-state index in [0.29, 0.717) is 13.0 Å². The molecule has 1 aromatic carbocycles. The van der Waals surface area contributed by atoms with Crippen LogP contribution >= 0.6 is 22.6 Å². The van der Waals surface area contributed by atoms with Crippen LogP contribution in [0.15, 0.2) is 24.3 Å². The van der Waals surface area contributed by atoms with Crippen LogP contribution < -0.4 is 5.73 Å². The highest BCUT2D eigenvalue weighted by Crippen LogP contribution is 2.18. The lowest BCUT2D eigenvalue weighted by Crippen LogP contribution is -2.44. The molecule has 0 aliphatic carbocycles. The van der Waals surface area contributed by atoms with Gasteiger partial charge >= 0.3 is 5.97 Å². The molecule has 1 fully saturated rings. The number of carboxylic acid groups (broad SMARTS) is 1. The first-order chi connectivity index (χ1) is 8.97. The molecular formula is C13H15IN2O3. The molecule has 1 aliphatic heterocycles. The summed E-state index contributed by atoms with van der Waals surface area (Å²) in [5.74, 6) is -1.16. The molecule has 0 aromatic heterocycles. The van der Waals surface area contributed by atoms with Gasteiger partial charge in [-0.15, -0.1) is 0 Å². The Balaban J connectivity index is 2.15. The van der Waals surface area contributed by atoms with Gasteiger partial charge in [0.2, 0.25) is 5.91 Å². The fourth-order valence-corrected chi connectivity index (χ4v) is 2.60. The maximum absolute atomic E-state index is 11.8. The lowest BCUT2D eigenvalue weighted by Gasteiger charge is -2.24. The summed E-state index contributed by atoms with van der Waals surface area (Å²) in [5, 5.41) is 9.32. The minimum absolute atomic E-state index is 0.176. The lowest BCUT2D eigenvalue weighted by molar-refractivity contribution is -0.148. The van der Waals surface area contributed by atoms with Crippen molar-refractivity contribution in [2.75, 3.05) is 6.54 Å². The second kappa shape index (κ2) is 5.87. The van der Waals surface area contributed by atoms with Crippen molar-refractivity contribution in [3.05, 3.63) is 33.4 Å². The normalized spacial score (nSPS) is 20.6. The van der Waals surface area contributed by atoms with E-state index in [-0.39, 0.29) is 18.4 Å². The Labute approximate surface area is 124 Å². The van der Waals surface area contributed by atoms with E-state index in [1.54, 1.807) is 0 Å². The molecule has 6 heteroatoms. The molecule has 0 spiro atoms. The van der Waals surface area contributed by atoms with Gasteiger partial charge in [-0.05, 0) is 40.3 Å². The third-order valence-corrected chi connectivity index (χ3v) is 3.91. The fourth-order valence-electron chi connectivity index (χ4n) is 2.24. The van der Waals surface area contributed by atoms with Crippen LogP contribution in [0, 0.1) is 3.57 Å². The number of aliphatic carboxylic acids is 1. The Morgan fingerprint density at radius 3 is 2.58 bits per heavy atom. The van der Waals surface area contributed by atoms with E-state index in [2.05, 4.69) is 22.6 Å². The van der Waals surface area contributed by atoms with Crippen molar-refractivity contribution in [3.8, 4) is 0 Å². The van der Waals surface area contributed by atoms with Gasteiger partial charge in [-0.2, -0.15) is 0 Å².